The molecule has 17 heavy (non-hydrogen) atoms. The fourth-order valence-corrected chi connectivity index (χ4v) is 2.33. The summed E-state index contributed by atoms with van der Waals surface area (Å²) < 4.78 is 0.903. The number of amides is 1. The van der Waals surface area contributed by atoms with Crippen LogP contribution in [0.25, 0.3) is 0 Å². The Hall–Kier alpha value is -0.490. The number of aromatic hydroxyl groups is 1. The smallest absolute Gasteiger partial charge is 0.255 e. The first-order valence-electron chi connectivity index (χ1n) is 5.23. The number of phenolic OH excluding ortho intramolecular Hbond substituents is 1. The van der Waals surface area contributed by atoms with Gasteiger partial charge in [-0.2, -0.15) is 0 Å². The molecule has 1 amide bonds. The van der Waals surface area contributed by atoms with Crippen molar-refractivity contribution in [3.05, 3.63) is 27.3 Å². The molecule has 0 atom stereocenters. The van der Waals surface area contributed by atoms with Gasteiger partial charge in [0.2, 0.25) is 0 Å². The molecule has 0 spiro atoms. The summed E-state index contributed by atoms with van der Waals surface area (Å²) >= 11 is 7.77. The van der Waals surface area contributed by atoms with Gasteiger partial charge in [0.05, 0.1) is 5.56 Å². The minimum atomic E-state index is -0.382. The van der Waals surface area contributed by atoms with E-state index in [4.69, 9.17) is 11.6 Å². The molecule has 0 bridgehead atoms. The first kappa shape index (κ1) is 14.6. The molecule has 2 N–H and O–H groups in total. The van der Waals surface area contributed by atoms with Gasteiger partial charge in [0.1, 0.15) is 5.75 Å². The zero-order chi connectivity index (χ0) is 13.1. The van der Waals surface area contributed by atoms with Gasteiger partial charge in [-0.15, -0.1) is 11.6 Å². The maximum Gasteiger partial charge on any atom is 0.255 e. The topological polar surface area (TPSA) is 49.3 Å². The number of benzene rings is 1. The maximum atomic E-state index is 12.0. The van der Waals surface area contributed by atoms with Crippen LogP contribution in [0, 0.1) is 3.57 Å². The van der Waals surface area contributed by atoms with Crippen LogP contribution in [0.2, 0.25) is 0 Å². The summed E-state index contributed by atoms with van der Waals surface area (Å²) in [4.78, 5) is 12.0. The molecule has 0 heterocycles. The van der Waals surface area contributed by atoms with Crippen molar-refractivity contribution >= 4 is 40.1 Å². The van der Waals surface area contributed by atoms with Crippen molar-refractivity contribution in [2.75, 3.05) is 5.88 Å². The number of carbonyl (C=O) groups is 1. The van der Waals surface area contributed by atoms with Gasteiger partial charge in [-0.1, -0.05) is 0 Å². The normalized spacial score (nSPS) is 11.3. The fraction of sp³-hybridized carbons (Fsp3) is 0.417. The summed E-state index contributed by atoms with van der Waals surface area (Å²) in [6.45, 7) is 3.80. The summed E-state index contributed by atoms with van der Waals surface area (Å²) in [7, 11) is 0. The molecule has 0 fully saturated rings. The Morgan fingerprint density at radius 1 is 1.53 bits per heavy atom. The van der Waals surface area contributed by atoms with Crippen molar-refractivity contribution in [1.82, 2.24) is 5.32 Å². The van der Waals surface area contributed by atoms with Gasteiger partial charge in [-0.3, -0.25) is 4.79 Å². The van der Waals surface area contributed by atoms with Crippen LogP contribution in [0.5, 0.6) is 5.75 Å². The first-order chi connectivity index (χ1) is 7.85. The summed E-state index contributed by atoms with van der Waals surface area (Å²) in [5.74, 6) is 0.187. The minimum absolute atomic E-state index is 0.00964. The van der Waals surface area contributed by atoms with Gasteiger partial charge < -0.3 is 10.4 Å². The van der Waals surface area contributed by atoms with E-state index in [0.717, 1.165) is 3.57 Å². The fourth-order valence-electron chi connectivity index (χ4n) is 1.36. The van der Waals surface area contributed by atoms with E-state index in [2.05, 4.69) is 27.9 Å². The molecule has 1 rings (SSSR count). The van der Waals surface area contributed by atoms with Crippen molar-refractivity contribution < 1.29 is 9.90 Å². The number of hydrogen-bond donors (Lipinski definition) is 2. The Kier molecular flexibility index (Phi) is 5.06. The highest BCUT2D eigenvalue weighted by Gasteiger charge is 2.22. The molecule has 0 aromatic heterocycles. The summed E-state index contributed by atoms with van der Waals surface area (Å²) in [5, 5.41) is 12.5. The standard InChI is InChI=1S/C12H15ClINO2/c1-12(2,5-6-13)15-11(17)9-7-8(14)3-4-10(9)16/h3-4,7,16H,5-6H2,1-2H3,(H,15,17). The van der Waals surface area contributed by atoms with Crippen LogP contribution in [-0.2, 0) is 0 Å². The van der Waals surface area contributed by atoms with Crippen LogP contribution in [0.3, 0.4) is 0 Å². The highest BCUT2D eigenvalue weighted by molar-refractivity contribution is 14.1. The third-order valence-electron chi connectivity index (χ3n) is 2.37. The van der Waals surface area contributed by atoms with Crippen LogP contribution in [0.4, 0.5) is 0 Å². The van der Waals surface area contributed by atoms with E-state index in [9.17, 15) is 9.90 Å². The van der Waals surface area contributed by atoms with Gasteiger partial charge >= 0.3 is 0 Å². The number of hydrogen-bond acceptors (Lipinski definition) is 2. The third-order valence-corrected chi connectivity index (χ3v) is 3.23. The van der Waals surface area contributed by atoms with E-state index in [1.807, 2.05) is 13.8 Å². The maximum absolute atomic E-state index is 12.0. The highest BCUT2D eigenvalue weighted by atomic mass is 127. The van der Waals surface area contributed by atoms with Gasteiger partial charge in [0.15, 0.2) is 0 Å². The number of carbonyl (C=O) groups excluding carboxylic acids is 1. The third kappa shape index (κ3) is 4.35. The molecule has 94 valence electrons. The van der Waals surface area contributed by atoms with Crippen molar-refractivity contribution in [2.24, 2.45) is 0 Å². The van der Waals surface area contributed by atoms with Crippen molar-refractivity contribution in [1.29, 1.82) is 0 Å². The summed E-state index contributed by atoms with van der Waals surface area (Å²) in [5.41, 5.74) is -0.0911. The zero-order valence-electron chi connectivity index (χ0n) is 9.76. The number of rotatable bonds is 4. The Labute approximate surface area is 120 Å². The van der Waals surface area contributed by atoms with E-state index in [-0.39, 0.29) is 17.2 Å². The summed E-state index contributed by atoms with van der Waals surface area (Å²) in [6, 6.07) is 4.92. The second kappa shape index (κ2) is 5.91. The average Bonchev–Trinajstić information content (AvgIpc) is 2.20. The molecule has 3 nitrogen and oxygen atoms in total. The van der Waals surface area contributed by atoms with Gasteiger partial charge in [0.25, 0.3) is 5.91 Å². The molecular formula is C12H15ClINO2. The molecule has 1 aromatic rings. The largest absolute Gasteiger partial charge is 0.507 e. The number of phenols is 1. The van der Waals surface area contributed by atoms with E-state index in [1.165, 1.54) is 6.07 Å². The predicted molar refractivity (Wildman–Crippen MR) is 77.7 cm³/mol. The minimum Gasteiger partial charge on any atom is -0.507 e. The molecular weight excluding hydrogens is 352 g/mol. The molecule has 0 unspecified atom stereocenters. The van der Waals surface area contributed by atoms with Gasteiger partial charge in [-0.05, 0) is 61.1 Å². The van der Waals surface area contributed by atoms with Crippen LogP contribution in [-0.4, -0.2) is 22.4 Å². The van der Waals surface area contributed by atoms with Crippen molar-refractivity contribution in [3.8, 4) is 5.75 Å². The molecule has 1 aromatic carbocycles. The monoisotopic (exact) mass is 367 g/mol. The first-order valence-corrected chi connectivity index (χ1v) is 6.84. The van der Waals surface area contributed by atoms with E-state index in [0.29, 0.717) is 17.9 Å². The van der Waals surface area contributed by atoms with Crippen LogP contribution < -0.4 is 5.32 Å². The van der Waals surface area contributed by atoms with E-state index in [1.54, 1.807) is 12.1 Å². The SMILES string of the molecule is CC(C)(CCCl)NC(=O)c1cc(I)ccc1O. The van der Waals surface area contributed by atoms with Crippen LogP contribution in [0.15, 0.2) is 18.2 Å². The molecule has 0 saturated carbocycles. The second-order valence-corrected chi connectivity index (χ2v) is 6.06. The Balaban J connectivity index is 2.86. The number of alkyl halides is 1. The Morgan fingerprint density at radius 2 is 2.18 bits per heavy atom. The molecule has 0 aliphatic carbocycles. The molecule has 5 heteroatoms. The van der Waals surface area contributed by atoms with Crippen LogP contribution >= 0.6 is 34.2 Å². The Bertz CT molecular complexity index is 421. The van der Waals surface area contributed by atoms with Gasteiger partial charge in [-0.25, -0.2) is 0 Å². The lowest BCUT2D eigenvalue weighted by molar-refractivity contribution is 0.0909. The van der Waals surface area contributed by atoms with Gasteiger partial charge in [0, 0.05) is 15.0 Å². The Morgan fingerprint density at radius 3 is 2.76 bits per heavy atom. The van der Waals surface area contributed by atoms with E-state index < -0.39 is 0 Å². The quantitative estimate of drug-likeness (QED) is 0.634. The number of nitrogens with one attached hydrogen (secondary N) is 1. The van der Waals surface area contributed by atoms with Crippen molar-refractivity contribution in [2.45, 2.75) is 25.8 Å². The van der Waals surface area contributed by atoms with Crippen molar-refractivity contribution in [3.63, 3.8) is 0 Å². The summed E-state index contributed by atoms with van der Waals surface area (Å²) in [6.07, 6.45) is 0.672. The zero-order valence-corrected chi connectivity index (χ0v) is 12.7. The predicted octanol–water partition coefficient (Wildman–Crippen LogP) is 3.13. The molecule has 0 aliphatic heterocycles. The molecule has 0 aliphatic rings. The lowest BCUT2D eigenvalue weighted by Crippen LogP contribution is -2.43. The molecule has 0 saturated heterocycles. The highest BCUT2D eigenvalue weighted by Crippen LogP contribution is 2.21. The van der Waals surface area contributed by atoms with E-state index >= 15 is 0 Å². The molecule has 0 radical (unpaired) electrons. The lowest BCUT2D eigenvalue weighted by Gasteiger charge is -2.25. The number of halogens is 2. The lowest BCUT2D eigenvalue weighted by atomic mass is 10.0. The van der Waals surface area contributed by atoms with Crippen LogP contribution in [0.1, 0.15) is 30.6 Å². The second-order valence-electron chi connectivity index (χ2n) is 4.44. The average molecular weight is 368 g/mol.